The summed E-state index contributed by atoms with van der Waals surface area (Å²) in [6, 6.07) is 5.41. The van der Waals surface area contributed by atoms with Gasteiger partial charge in [0.25, 0.3) is 0 Å². The molecule has 0 bridgehead atoms. The molecule has 1 aliphatic rings. The molecule has 3 heteroatoms. The lowest BCUT2D eigenvalue weighted by Crippen LogP contribution is -2.18. The normalized spacial score (nSPS) is 16.7. The molecule has 80 valence electrons. The molecule has 0 saturated heterocycles. The van der Waals surface area contributed by atoms with Gasteiger partial charge in [-0.25, -0.2) is 4.79 Å². The number of carbonyl (C=O) groups excluding carboxylic acids is 1. The summed E-state index contributed by atoms with van der Waals surface area (Å²) in [7, 11) is 1.39. The minimum atomic E-state index is -0.305. The molecule has 1 aromatic carbocycles. The van der Waals surface area contributed by atoms with Crippen LogP contribution in [-0.2, 0) is 10.2 Å². The predicted molar refractivity (Wildman–Crippen MR) is 56.3 cm³/mol. The molecule has 0 aliphatic carbocycles. The molecule has 3 nitrogen and oxygen atoms in total. The van der Waals surface area contributed by atoms with Crippen LogP contribution < -0.4 is 4.74 Å². The van der Waals surface area contributed by atoms with Crippen LogP contribution in [0.4, 0.5) is 0 Å². The lowest BCUT2D eigenvalue weighted by Gasteiger charge is -2.15. The van der Waals surface area contributed by atoms with Crippen molar-refractivity contribution in [2.24, 2.45) is 0 Å². The van der Waals surface area contributed by atoms with Crippen molar-refractivity contribution in [2.75, 3.05) is 13.7 Å². The predicted octanol–water partition coefficient (Wildman–Crippen LogP) is 2.14. The fourth-order valence-corrected chi connectivity index (χ4v) is 1.77. The molecule has 0 amide bonds. The molecular formula is C12H14O3. The van der Waals surface area contributed by atoms with Crippen LogP contribution in [0.2, 0.25) is 0 Å². The van der Waals surface area contributed by atoms with E-state index < -0.39 is 0 Å². The molecule has 0 atom stereocenters. The largest absolute Gasteiger partial charge is 0.492 e. The van der Waals surface area contributed by atoms with E-state index in [2.05, 4.69) is 18.6 Å². The van der Waals surface area contributed by atoms with E-state index in [1.54, 1.807) is 6.07 Å². The second-order valence-electron chi connectivity index (χ2n) is 4.38. The van der Waals surface area contributed by atoms with Gasteiger partial charge in [-0.1, -0.05) is 13.8 Å². The minimum Gasteiger partial charge on any atom is -0.492 e. The Bertz CT molecular complexity index is 407. The molecular weight excluding hydrogens is 192 g/mol. The highest BCUT2D eigenvalue weighted by molar-refractivity contribution is 5.90. The molecule has 15 heavy (non-hydrogen) atoms. The summed E-state index contributed by atoms with van der Waals surface area (Å²) in [5, 5.41) is 0. The quantitative estimate of drug-likeness (QED) is 0.660. The van der Waals surface area contributed by atoms with E-state index in [-0.39, 0.29) is 11.4 Å². The molecule has 0 unspecified atom stereocenters. The Morgan fingerprint density at radius 2 is 2.20 bits per heavy atom. The summed E-state index contributed by atoms with van der Waals surface area (Å²) in [6.45, 7) is 4.85. The first kappa shape index (κ1) is 10.0. The number of ether oxygens (including phenoxy) is 2. The van der Waals surface area contributed by atoms with Gasteiger partial charge in [-0.3, -0.25) is 0 Å². The maximum atomic E-state index is 11.4. The Morgan fingerprint density at radius 3 is 2.87 bits per heavy atom. The van der Waals surface area contributed by atoms with Crippen molar-refractivity contribution in [3.63, 3.8) is 0 Å². The molecule has 1 heterocycles. The van der Waals surface area contributed by atoms with Gasteiger partial charge in [-0.15, -0.1) is 0 Å². The van der Waals surface area contributed by atoms with Crippen LogP contribution >= 0.6 is 0 Å². The molecule has 0 spiro atoms. The highest BCUT2D eigenvalue weighted by Crippen LogP contribution is 2.38. The minimum absolute atomic E-state index is 0.0284. The zero-order chi connectivity index (χ0) is 11.1. The monoisotopic (exact) mass is 206 g/mol. The average Bonchev–Trinajstić information content (AvgIpc) is 2.53. The summed E-state index contributed by atoms with van der Waals surface area (Å²) in [5.41, 5.74) is 1.62. The summed E-state index contributed by atoms with van der Waals surface area (Å²) in [6.07, 6.45) is 0. The number of rotatable bonds is 1. The van der Waals surface area contributed by atoms with E-state index in [9.17, 15) is 4.79 Å². The van der Waals surface area contributed by atoms with E-state index in [0.717, 1.165) is 11.3 Å². The summed E-state index contributed by atoms with van der Waals surface area (Å²) in [4.78, 5) is 11.4. The first-order valence-corrected chi connectivity index (χ1v) is 4.90. The van der Waals surface area contributed by atoms with Crippen molar-refractivity contribution in [1.29, 1.82) is 0 Å². The van der Waals surface area contributed by atoms with Crippen LogP contribution in [0.25, 0.3) is 0 Å². The first-order valence-electron chi connectivity index (χ1n) is 4.90. The second kappa shape index (κ2) is 3.26. The SMILES string of the molecule is COC(=O)c1ccc2c(c1)C(C)(C)CO2. The van der Waals surface area contributed by atoms with Gasteiger partial charge in [0.05, 0.1) is 19.3 Å². The summed E-state index contributed by atoms with van der Waals surface area (Å²) >= 11 is 0. The lowest BCUT2D eigenvalue weighted by molar-refractivity contribution is 0.0600. The fourth-order valence-electron chi connectivity index (χ4n) is 1.77. The number of benzene rings is 1. The maximum Gasteiger partial charge on any atom is 0.337 e. The van der Waals surface area contributed by atoms with Crippen LogP contribution in [0.5, 0.6) is 5.75 Å². The summed E-state index contributed by atoms with van der Waals surface area (Å²) in [5.74, 6) is 0.563. The molecule has 2 rings (SSSR count). The van der Waals surface area contributed by atoms with Crippen LogP contribution in [-0.4, -0.2) is 19.7 Å². The number of methoxy groups -OCH3 is 1. The van der Waals surface area contributed by atoms with Crippen molar-refractivity contribution < 1.29 is 14.3 Å². The topological polar surface area (TPSA) is 35.5 Å². The fraction of sp³-hybridized carbons (Fsp3) is 0.417. The number of fused-ring (bicyclic) bond motifs is 1. The van der Waals surface area contributed by atoms with Gasteiger partial charge in [0.1, 0.15) is 5.75 Å². The lowest BCUT2D eigenvalue weighted by atomic mass is 9.86. The van der Waals surface area contributed by atoms with Crippen molar-refractivity contribution >= 4 is 5.97 Å². The second-order valence-corrected chi connectivity index (χ2v) is 4.38. The van der Waals surface area contributed by atoms with Crippen LogP contribution in [0.1, 0.15) is 29.8 Å². The van der Waals surface area contributed by atoms with Crippen LogP contribution in [0.15, 0.2) is 18.2 Å². The Labute approximate surface area is 89.0 Å². The number of hydrogen-bond acceptors (Lipinski definition) is 3. The Morgan fingerprint density at radius 1 is 1.47 bits per heavy atom. The third-order valence-electron chi connectivity index (χ3n) is 2.72. The first-order chi connectivity index (χ1) is 7.04. The average molecular weight is 206 g/mol. The molecule has 1 aromatic rings. The van der Waals surface area contributed by atoms with E-state index in [0.29, 0.717) is 12.2 Å². The van der Waals surface area contributed by atoms with Gasteiger partial charge < -0.3 is 9.47 Å². The van der Waals surface area contributed by atoms with E-state index in [4.69, 9.17) is 4.74 Å². The van der Waals surface area contributed by atoms with Gasteiger partial charge in [-0.05, 0) is 18.2 Å². The van der Waals surface area contributed by atoms with E-state index in [1.807, 2.05) is 12.1 Å². The third kappa shape index (κ3) is 1.58. The maximum absolute atomic E-state index is 11.4. The Balaban J connectivity index is 2.46. The van der Waals surface area contributed by atoms with Gasteiger partial charge in [-0.2, -0.15) is 0 Å². The van der Waals surface area contributed by atoms with Crippen LogP contribution in [0.3, 0.4) is 0 Å². The van der Waals surface area contributed by atoms with Crippen molar-refractivity contribution in [2.45, 2.75) is 19.3 Å². The highest BCUT2D eigenvalue weighted by atomic mass is 16.5. The third-order valence-corrected chi connectivity index (χ3v) is 2.72. The zero-order valence-electron chi connectivity index (χ0n) is 9.16. The zero-order valence-corrected chi connectivity index (χ0v) is 9.16. The van der Waals surface area contributed by atoms with Crippen LogP contribution in [0, 0.1) is 0 Å². The molecule has 0 fully saturated rings. The molecule has 0 saturated carbocycles. The number of hydrogen-bond donors (Lipinski definition) is 0. The number of esters is 1. The van der Waals surface area contributed by atoms with Gasteiger partial charge >= 0.3 is 5.97 Å². The van der Waals surface area contributed by atoms with Crippen molar-refractivity contribution in [3.05, 3.63) is 29.3 Å². The molecule has 0 radical (unpaired) electrons. The van der Waals surface area contributed by atoms with E-state index in [1.165, 1.54) is 7.11 Å². The molecule has 1 aliphatic heterocycles. The van der Waals surface area contributed by atoms with Crippen molar-refractivity contribution in [1.82, 2.24) is 0 Å². The smallest absolute Gasteiger partial charge is 0.337 e. The van der Waals surface area contributed by atoms with E-state index >= 15 is 0 Å². The number of carbonyl (C=O) groups is 1. The molecule has 0 N–H and O–H groups in total. The molecule has 0 aromatic heterocycles. The van der Waals surface area contributed by atoms with Gasteiger partial charge in [0.15, 0.2) is 0 Å². The summed E-state index contributed by atoms with van der Waals surface area (Å²) < 4.78 is 10.2. The Kier molecular flexibility index (Phi) is 2.18. The Hall–Kier alpha value is -1.51. The van der Waals surface area contributed by atoms with Gasteiger partial charge in [0, 0.05) is 11.0 Å². The standard InChI is InChI=1S/C12H14O3/c1-12(2)7-15-10-5-4-8(6-9(10)12)11(13)14-3/h4-6H,7H2,1-3H3. The van der Waals surface area contributed by atoms with Crippen molar-refractivity contribution in [3.8, 4) is 5.75 Å². The van der Waals surface area contributed by atoms with Gasteiger partial charge in [0.2, 0.25) is 0 Å². The highest BCUT2D eigenvalue weighted by Gasteiger charge is 2.32.